The van der Waals surface area contributed by atoms with E-state index >= 15 is 0 Å². The zero-order valence-electron chi connectivity index (χ0n) is 11.6. The number of rotatable bonds is 4. The Balaban J connectivity index is 2.74. The standard InChI is InChI=1S/C14H30N2/c1-5-13(3)16(4)14(11-15)9-6-7-12(2)8-10-14/h12-13H,5-11,15H2,1-4H3. The normalized spacial score (nSPS) is 33.8. The maximum absolute atomic E-state index is 6.10. The predicted molar refractivity (Wildman–Crippen MR) is 71.6 cm³/mol. The highest BCUT2D eigenvalue weighted by atomic mass is 15.2. The lowest BCUT2D eigenvalue weighted by Crippen LogP contribution is -2.55. The highest BCUT2D eigenvalue weighted by Crippen LogP contribution is 2.34. The molecule has 1 aliphatic rings. The van der Waals surface area contributed by atoms with Gasteiger partial charge in [-0.15, -0.1) is 0 Å². The van der Waals surface area contributed by atoms with Gasteiger partial charge in [0.2, 0.25) is 0 Å². The summed E-state index contributed by atoms with van der Waals surface area (Å²) in [5.74, 6) is 0.888. The van der Waals surface area contributed by atoms with E-state index in [-0.39, 0.29) is 5.54 Å². The summed E-state index contributed by atoms with van der Waals surface area (Å²) in [5, 5.41) is 0. The molecule has 1 saturated carbocycles. The average molecular weight is 226 g/mol. The molecule has 0 spiro atoms. The SMILES string of the molecule is CCC(C)N(C)C1(CN)CCCC(C)CC1. The van der Waals surface area contributed by atoms with Gasteiger partial charge < -0.3 is 5.73 Å². The van der Waals surface area contributed by atoms with Gasteiger partial charge in [-0.3, -0.25) is 4.90 Å². The summed E-state index contributed by atoms with van der Waals surface area (Å²) >= 11 is 0. The van der Waals surface area contributed by atoms with Crippen molar-refractivity contribution in [1.82, 2.24) is 4.90 Å². The fraction of sp³-hybridized carbons (Fsp3) is 1.00. The second kappa shape index (κ2) is 6.02. The van der Waals surface area contributed by atoms with Crippen LogP contribution in [0.3, 0.4) is 0 Å². The Morgan fingerprint density at radius 1 is 1.38 bits per heavy atom. The fourth-order valence-corrected chi connectivity index (χ4v) is 3.01. The lowest BCUT2D eigenvalue weighted by molar-refractivity contribution is 0.0670. The molecule has 0 aromatic carbocycles. The third kappa shape index (κ3) is 2.98. The van der Waals surface area contributed by atoms with Gasteiger partial charge in [-0.05, 0) is 45.6 Å². The number of nitrogens with zero attached hydrogens (tertiary/aromatic N) is 1. The Morgan fingerprint density at radius 3 is 2.62 bits per heavy atom. The highest BCUT2D eigenvalue weighted by Gasteiger charge is 2.36. The molecule has 1 fully saturated rings. The molecule has 0 radical (unpaired) electrons. The van der Waals surface area contributed by atoms with Crippen molar-refractivity contribution in [3.8, 4) is 0 Å². The molecule has 96 valence electrons. The molecule has 0 aromatic rings. The van der Waals surface area contributed by atoms with E-state index in [1.807, 2.05) is 0 Å². The Kier molecular flexibility index (Phi) is 5.26. The second-order valence-corrected chi connectivity index (χ2v) is 5.83. The summed E-state index contributed by atoms with van der Waals surface area (Å²) in [6.07, 6.45) is 7.86. The summed E-state index contributed by atoms with van der Waals surface area (Å²) < 4.78 is 0. The minimum Gasteiger partial charge on any atom is -0.329 e. The molecule has 0 heterocycles. The molecule has 2 nitrogen and oxygen atoms in total. The molecule has 0 amide bonds. The third-order valence-electron chi connectivity index (χ3n) is 4.82. The van der Waals surface area contributed by atoms with Crippen LogP contribution in [0.25, 0.3) is 0 Å². The topological polar surface area (TPSA) is 29.3 Å². The first-order valence-electron chi connectivity index (χ1n) is 6.98. The smallest absolute Gasteiger partial charge is 0.0331 e. The van der Waals surface area contributed by atoms with E-state index in [2.05, 4.69) is 32.7 Å². The molecule has 0 aromatic heterocycles. The molecule has 16 heavy (non-hydrogen) atoms. The molecule has 0 bridgehead atoms. The van der Waals surface area contributed by atoms with Gasteiger partial charge >= 0.3 is 0 Å². The van der Waals surface area contributed by atoms with Gasteiger partial charge in [-0.2, -0.15) is 0 Å². The van der Waals surface area contributed by atoms with Crippen molar-refractivity contribution in [2.45, 2.75) is 70.9 Å². The van der Waals surface area contributed by atoms with Crippen molar-refractivity contribution in [1.29, 1.82) is 0 Å². The molecule has 3 unspecified atom stereocenters. The third-order valence-corrected chi connectivity index (χ3v) is 4.82. The van der Waals surface area contributed by atoms with Crippen LogP contribution in [-0.2, 0) is 0 Å². The molecule has 2 heteroatoms. The summed E-state index contributed by atoms with van der Waals surface area (Å²) in [6, 6.07) is 0.650. The van der Waals surface area contributed by atoms with E-state index < -0.39 is 0 Å². The van der Waals surface area contributed by atoms with Crippen LogP contribution in [0.2, 0.25) is 0 Å². The number of hydrogen-bond acceptors (Lipinski definition) is 2. The van der Waals surface area contributed by atoms with Crippen molar-refractivity contribution in [3.05, 3.63) is 0 Å². The van der Waals surface area contributed by atoms with Crippen molar-refractivity contribution in [2.24, 2.45) is 11.7 Å². The Hall–Kier alpha value is -0.0800. The average Bonchev–Trinajstić information content (AvgIpc) is 2.50. The van der Waals surface area contributed by atoms with Crippen molar-refractivity contribution >= 4 is 0 Å². The van der Waals surface area contributed by atoms with E-state index in [1.54, 1.807) is 0 Å². The van der Waals surface area contributed by atoms with Gasteiger partial charge in [0.15, 0.2) is 0 Å². The van der Waals surface area contributed by atoms with Crippen LogP contribution < -0.4 is 5.73 Å². The second-order valence-electron chi connectivity index (χ2n) is 5.83. The van der Waals surface area contributed by atoms with Gasteiger partial charge in [0.05, 0.1) is 0 Å². The Labute approximate surface area is 102 Å². The largest absolute Gasteiger partial charge is 0.329 e. The van der Waals surface area contributed by atoms with Crippen molar-refractivity contribution < 1.29 is 0 Å². The molecular formula is C14H30N2. The monoisotopic (exact) mass is 226 g/mol. The van der Waals surface area contributed by atoms with Gasteiger partial charge in [0, 0.05) is 18.1 Å². The van der Waals surface area contributed by atoms with Crippen LogP contribution in [0.1, 0.15) is 59.3 Å². The lowest BCUT2D eigenvalue weighted by atomic mass is 9.86. The Bertz CT molecular complexity index is 205. The zero-order valence-corrected chi connectivity index (χ0v) is 11.6. The Morgan fingerprint density at radius 2 is 2.06 bits per heavy atom. The summed E-state index contributed by atoms with van der Waals surface area (Å²) in [4.78, 5) is 2.56. The minimum atomic E-state index is 0.278. The molecule has 1 rings (SSSR count). The highest BCUT2D eigenvalue weighted by molar-refractivity contribution is 4.94. The molecular weight excluding hydrogens is 196 g/mol. The van der Waals surface area contributed by atoms with Crippen LogP contribution >= 0.6 is 0 Å². The number of likely N-dealkylation sites (N-methyl/N-ethyl adjacent to an activating group) is 1. The van der Waals surface area contributed by atoms with Gasteiger partial charge in [-0.25, -0.2) is 0 Å². The number of nitrogens with two attached hydrogens (primary N) is 1. The van der Waals surface area contributed by atoms with Crippen LogP contribution in [0.4, 0.5) is 0 Å². The van der Waals surface area contributed by atoms with Gasteiger partial charge in [0.1, 0.15) is 0 Å². The molecule has 0 aliphatic heterocycles. The minimum absolute atomic E-state index is 0.278. The van der Waals surface area contributed by atoms with E-state index in [4.69, 9.17) is 5.73 Å². The van der Waals surface area contributed by atoms with E-state index in [9.17, 15) is 0 Å². The first-order chi connectivity index (χ1) is 7.55. The lowest BCUT2D eigenvalue weighted by Gasteiger charge is -2.44. The maximum atomic E-state index is 6.10. The van der Waals surface area contributed by atoms with E-state index in [0.717, 1.165) is 12.5 Å². The van der Waals surface area contributed by atoms with E-state index in [1.165, 1.54) is 38.5 Å². The van der Waals surface area contributed by atoms with Crippen LogP contribution in [0.15, 0.2) is 0 Å². The summed E-state index contributed by atoms with van der Waals surface area (Å²) in [5.41, 5.74) is 6.38. The first kappa shape index (κ1) is 14.0. The molecule has 3 atom stereocenters. The maximum Gasteiger partial charge on any atom is 0.0331 e. The molecule has 2 N–H and O–H groups in total. The fourth-order valence-electron chi connectivity index (χ4n) is 3.01. The summed E-state index contributed by atoms with van der Waals surface area (Å²) in [6.45, 7) is 7.80. The quantitative estimate of drug-likeness (QED) is 0.747. The van der Waals surface area contributed by atoms with Crippen LogP contribution in [0.5, 0.6) is 0 Å². The first-order valence-corrected chi connectivity index (χ1v) is 6.98. The van der Waals surface area contributed by atoms with Crippen LogP contribution in [0, 0.1) is 5.92 Å². The number of hydrogen-bond donors (Lipinski definition) is 1. The predicted octanol–water partition coefficient (Wildman–Crippen LogP) is 3.01. The van der Waals surface area contributed by atoms with Gasteiger partial charge in [0.25, 0.3) is 0 Å². The zero-order chi connectivity index (χ0) is 12.2. The van der Waals surface area contributed by atoms with E-state index in [0.29, 0.717) is 6.04 Å². The molecule has 0 saturated heterocycles. The van der Waals surface area contributed by atoms with Crippen molar-refractivity contribution in [2.75, 3.05) is 13.6 Å². The molecule has 1 aliphatic carbocycles. The van der Waals surface area contributed by atoms with Crippen LogP contribution in [-0.4, -0.2) is 30.1 Å². The summed E-state index contributed by atoms with van der Waals surface area (Å²) in [7, 11) is 2.27. The van der Waals surface area contributed by atoms with Crippen molar-refractivity contribution in [3.63, 3.8) is 0 Å². The van der Waals surface area contributed by atoms with Gasteiger partial charge in [-0.1, -0.05) is 26.7 Å².